The standard InChI is InChI=1S/C8H10N4/c1-2-12-4-3-6-7(12)5-10-8(9)11-6/h3-5H,2H2,1H3,(H2,9,10,11). The van der Waals surface area contributed by atoms with Crippen LogP contribution in [0.15, 0.2) is 18.5 Å². The van der Waals surface area contributed by atoms with E-state index >= 15 is 0 Å². The predicted molar refractivity (Wildman–Crippen MR) is 47.6 cm³/mol. The molecule has 62 valence electrons. The molecule has 0 bridgehead atoms. The van der Waals surface area contributed by atoms with Crippen molar-refractivity contribution < 1.29 is 0 Å². The molecule has 0 fully saturated rings. The third kappa shape index (κ3) is 0.922. The molecule has 0 unspecified atom stereocenters. The first kappa shape index (κ1) is 7.09. The fourth-order valence-electron chi connectivity index (χ4n) is 1.26. The summed E-state index contributed by atoms with van der Waals surface area (Å²) >= 11 is 0. The quantitative estimate of drug-likeness (QED) is 0.681. The highest BCUT2D eigenvalue weighted by Gasteiger charge is 2.00. The molecule has 12 heavy (non-hydrogen) atoms. The number of hydrogen-bond donors (Lipinski definition) is 1. The van der Waals surface area contributed by atoms with Gasteiger partial charge < -0.3 is 10.3 Å². The first-order chi connectivity index (χ1) is 5.81. The lowest BCUT2D eigenvalue weighted by molar-refractivity contribution is 0.795. The first-order valence-electron chi connectivity index (χ1n) is 3.88. The van der Waals surface area contributed by atoms with Crippen LogP contribution < -0.4 is 5.73 Å². The predicted octanol–water partition coefficient (Wildman–Crippen LogP) is 1.03. The smallest absolute Gasteiger partial charge is 0.220 e. The normalized spacial score (nSPS) is 10.8. The van der Waals surface area contributed by atoms with Gasteiger partial charge in [-0.3, -0.25) is 0 Å². The van der Waals surface area contributed by atoms with Crippen molar-refractivity contribution in [1.29, 1.82) is 0 Å². The van der Waals surface area contributed by atoms with E-state index in [0.29, 0.717) is 5.95 Å². The Kier molecular flexibility index (Phi) is 1.46. The summed E-state index contributed by atoms with van der Waals surface area (Å²) < 4.78 is 2.08. The second-order valence-electron chi connectivity index (χ2n) is 2.60. The zero-order valence-corrected chi connectivity index (χ0v) is 6.86. The van der Waals surface area contributed by atoms with Crippen LogP contribution in [-0.4, -0.2) is 14.5 Å². The molecular formula is C8H10N4. The topological polar surface area (TPSA) is 56.7 Å². The molecule has 2 N–H and O–H groups in total. The number of anilines is 1. The summed E-state index contributed by atoms with van der Waals surface area (Å²) in [5.41, 5.74) is 7.38. The molecule has 2 rings (SSSR count). The maximum atomic E-state index is 5.44. The van der Waals surface area contributed by atoms with E-state index in [1.165, 1.54) is 0 Å². The van der Waals surface area contributed by atoms with E-state index in [4.69, 9.17) is 5.73 Å². The highest BCUT2D eigenvalue weighted by molar-refractivity contribution is 5.75. The molecule has 2 aromatic heterocycles. The number of nitrogens with zero attached hydrogens (tertiary/aromatic N) is 3. The lowest BCUT2D eigenvalue weighted by Crippen LogP contribution is -1.96. The molecule has 0 atom stereocenters. The Morgan fingerprint density at radius 3 is 3.17 bits per heavy atom. The van der Waals surface area contributed by atoms with Gasteiger partial charge in [-0.15, -0.1) is 0 Å². The van der Waals surface area contributed by atoms with Gasteiger partial charge in [-0.05, 0) is 13.0 Å². The number of nitrogen functional groups attached to an aromatic ring is 1. The van der Waals surface area contributed by atoms with E-state index in [1.807, 2.05) is 12.3 Å². The molecule has 0 aliphatic rings. The van der Waals surface area contributed by atoms with Crippen LogP contribution in [0.4, 0.5) is 5.95 Å². The Morgan fingerprint density at radius 1 is 1.58 bits per heavy atom. The van der Waals surface area contributed by atoms with Crippen molar-refractivity contribution in [2.75, 3.05) is 5.73 Å². The van der Waals surface area contributed by atoms with Crippen molar-refractivity contribution in [2.45, 2.75) is 13.5 Å². The lowest BCUT2D eigenvalue weighted by atomic mass is 10.4. The summed E-state index contributed by atoms with van der Waals surface area (Å²) in [4.78, 5) is 8.02. The number of aromatic nitrogens is 3. The average molecular weight is 162 g/mol. The van der Waals surface area contributed by atoms with Gasteiger partial charge in [-0.2, -0.15) is 0 Å². The highest BCUT2D eigenvalue weighted by Crippen LogP contribution is 2.12. The Hall–Kier alpha value is -1.58. The molecule has 2 aromatic rings. The van der Waals surface area contributed by atoms with Crippen LogP contribution in [0.2, 0.25) is 0 Å². The van der Waals surface area contributed by atoms with Crippen molar-refractivity contribution in [3.8, 4) is 0 Å². The number of aryl methyl sites for hydroxylation is 1. The second-order valence-corrected chi connectivity index (χ2v) is 2.60. The van der Waals surface area contributed by atoms with Crippen LogP contribution >= 0.6 is 0 Å². The number of hydrogen-bond acceptors (Lipinski definition) is 3. The van der Waals surface area contributed by atoms with E-state index in [0.717, 1.165) is 17.6 Å². The van der Waals surface area contributed by atoms with E-state index in [2.05, 4.69) is 21.5 Å². The van der Waals surface area contributed by atoms with Crippen LogP contribution in [0.3, 0.4) is 0 Å². The van der Waals surface area contributed by atoms with Gasteiger partial charge in [0.25, 0.3) is 0 Å². The Bertz CT molecular complexity index is 404. The van der Waals surface area contributed by atoms with Crippen LogP contribution in [-0.2, 0) is 6.54 Å². The van der Waals surface area contributed by atoms with Crippen molar-refractivity contribution >= 4 is 17.0 Å². The zero-order valence-electron chi connectivity index (χ0n) is 6.86. The van der Waals surface area contributed by atoms with Crippen LogP contribution in [0.1, 0.15) is 6.92 Å². The largest absolute Gasteiger partial charge is 0.368 e. The number of rotatable bonds is 1. The molecule has 4 heteroatoms. The molecular weight excluding hydrogens is 152 g/mol. The summed E-state index contributed by atoms with van der Waals surface area (Å²) in [6.07, 6.45) is 3.74. The van der Waals surface area contributed by atoms with Crippen molar-refractivity contribution in [2.24, 2.45) is 0 Å². The number of nitrogens with two attached hydrogens (primary N) is 1. The summed E-state index contributed by atoms with van der Waals surface area (Å²) in [6, 6.07) is 1.94. The minimum Gasteiger partial charge on any atom is -0.368 e. The summed E-state index contributed by atoms with van der Waals surface area (Å²) in [7, 11) is 0. The highest BCUT2D eigenvalue weighted by atomic mass is 15.0. The van der Waals surface area contributed by atoms with Gasteiger partial charge in [0.1, 0.15) is 0 Å². The first-order valence-corrected chi connectivity index (χ1v) is 3.88. The molecule has 0 saturated carbocycles. The minimum absolute atomic E-state index is 0.330. The van der Waals surface area contributed by atoms with Gasteiger partial charge >= 0.3 is 0 Å². The van der Waals surface area contributed by atoms with Crippen molar-refractivity contribution in [3.05, 3.63) is 18.5 Å². The van der Waals surface area contributed by atoms with Crippen LogP contribution in [0.5, 0.6) is 0 Å². The van der Waals surface area contributed by atoms with Gasteiger partial charge in [0.15, 0.2) is 0 Å². The van der Waals surface area contributed by atoms with E-state index < -0.39 is 0 Å². The van der Waals surface area contributed by atoms with E-state index in [-0.39, 0.29) is 0 Å². The molecule has 4 nitrogen and oxygen atoms in total. The second kappa shape index (κ2) is 2.48. The van der Waals surface area contributed by atoms with Gasteiger partial charge in [-0.1, -0.05) is 0 Å². The zero-order chi connectivity index (χ0) is 8.55. The van der Waals surface area contributed by atoms with Gasteiger partial charge in [0.05, 0.1) is 17.2 Å². The summed E-state index contributed by atoms with van der Waals surface area (Å²) in [5.74, 6) is 0.330. The Morgan fingerprint density at radius 2 is 2.42 bits per heavy atom. The Labute approximate surface area is 70.0 Å². The van der Waals surface area contributed by atoms with Gasteiger partial charge in [-0.25, -0.2) is 9.97 Å². The monoisotopic (exact) mass is 162 g/mol. The fraction of sp³-hybridized carbons (Fsp3) is 0.250. The Balaban J connectivity index is 2.73. The maximum Gasteiger partial charge on any atom is 0.220 e. The van der Waals surface area contributed by atoms with Crippen LogP contribution in [0, 0.1) is 0 Å². The number of fused-ring (bicyclic) bond motifs is 1. The lowest BCUT2D eigenvalue weighted by Gasteiger charge is -1.98. The molecule has 0 amide bonds. The van der Waals surface area contributed by atoms with E-state index in [1.54, 1.807) is 6.20 Å². The summed E-state index contributed by atoms with van der Waals surface area (Å²) in [5, 5.41) is 0. The average Bonchev–Trinajstić information content (AvgIpc) is 2.46. The molecule has 0 aliphatic carbocycles. The molecule has 0 radical (unpaired) electrons. The molecule has 0 saturated heterocycles. The third-order valence-corrected chi connectivity index (χ3v) is 1.88. The minimum atomic E-state index is 0.330. The SMILES string of the molecule is CCn1ccc2nc(N)ncc21. The molecule has 2 heterocycles. The maximum absolute atomic E-state index is 5.44. The van der Waals surface area contributed by atoms with Gasteiger partial charge in [0, 0.05) is 12.7 Å². The van der Waals surface area contributed by atoms with Crippen molar-refractivity contribution in [3.63, 3.8) is 0 Å². The van der Waals surface area contributed by atoms with E-state index in [9.17, 15) is 0 Å². The third-order valence-electron chi connectivity index (χ3n) is 1.88. The fourth-order valence-corrected chi connectivity index (χ4v) is 1.26. The van der Waals surface area contributed by atoms with Gasteiger partial charge in [0.2, 0.25) is 5.95 Å². The van der Waals surface area contributed by atoms with Crippen molar-refractivity contribution in [1.82, 2.24) is 14.5 Å². The molecule has 0 aliphatic heterocycles. The molecule has 0 spiro atoms. The molecule has 0 aromatic carbocycles. The van der Waals surface area contributed by atoms with Crippen LogP contribution in [0.25, 0.3) is 11.0 Å². The summed E-state index contributed by atoms with van der Waals surface area (Å²) in [6.45, 7) is 3.01.